The number of benzene rings is 2. The number of carbonyl (C=O) groups excluding carboxylic acids is 1. The van der Waals surface area contributed by atoms with Crippen LogP contribution in [-0.4, -0.2) is 12.8 Å². The van der Waals surface area contributed by atoms with Crippen molar-refractivity contribution in [3.63, 3.8) is 0 Å². The van der Waals surface area contributed by atoms with Gasteiger partial charge in [0.1, 0.15) is 0 Å². The van der Waals surface area contributed by atoms with Crippen molar-refractivity contribution in [1.82, 2.24) is 0 Å². The van der Waals surface area contributed by atoms with E-state index in [0.29, 0.717) is 0 Å². The van der Waals surface area contributed by atoms with Crippen LogP contribution in [0, 0.1) is 5.92 Å². The predicted molar refractivity (Wildman–Crippen MR) is 96.2 cm³/mol. The summed E-state index contributed by atoms with van der Waals surface area (Å²) >= 11 is 3.69. The Balaban J connectivity index is 2.13. The summed E-state index contributed by atoms with van der Waals surface area (Å²) in [6.07, 6.45) is 0.762. The zero-order valence-electron chi connectivity index (χ0n) is 14.1. The molecule has 0 aliphatic heterocycles. The maximum atomic E-state index is 11.7. The second-order valence-corrected chi connectivity index (χ2v) is 6.99. The lowest BCUT2D eigenvalue weighted by Gasteiger charge is -2.27. The molecule has 1 atom stereocenters. The van der Waals surface area contributed by atoms with Crippen molar-refractivity contribution in [1.29, 1.82) is 0 Å². The van der Waals surface area contributed by atoms with Crippen molar-refractivity contribution >= 4 is 32.7 Å². The van der Waals surface area contributed by atoms with E-state index in [9.17, 15) is 4.79 Å². The summed E-state index contributed by atoms with van der Waals surface area (Å²) in [5.41, 5.74) is 0.453. The summed E-state index contributed by atoms with van der Waals surface area (Å²) in [5.74, 6) is -0.324. The lowest BCUT2D eigenvalue weighted by molar-refractivity contribution is -0.174. The highest BCUT2D eigenvalue weighted by Crippen LogP contribution is 2.36. The monoisotopic (exact) mass is 378 g/mol. The van der Waals surface area contributed by atoms with Crippen LogP contribution in [0.4, 0.5) is 0 Å². The number of hydrogen-bond acceptors (Lipinski definition) is 3. The standard InChI is InChI=1S/C19H23BrO3/c1-5-13(2)18(21)22-12-23-19(3,4)16-11-10-14-8-6-7-9-15(14)17(16)20/h6-11,13H,5,12H2,1-4H3. The molecule has 4 heteroatoms. The van der Waals surface area contributed by atoms with Crippen LogP contribution in [0.5, 0.6) is 0 Å². The maximum Gasteiger partial charge on any atom is 0.310 e. The molecule has 0 fully saturated rings. The van der Waals surface area contributed by atoms with Gasteiger partial charge < -0.3 is 9.47 Å². The number of fused-ring (bicyclic) bond motifs is 1. The minimum atomic E-state index is -0.571. The summed E-state index contributed by atoms with van der Waals surface area (Å²) in [6.45, 7) is 7.71. The van der Waals surface area contributed by atoms with E-state index in [1.165, 1.54) is 5.39 Å². The van der Waals surface area contributed by atoms with Crippen molar-refractivity contribution in [2.45, 2.75) is 39.7 Å². The molecule has 0 saturated heterocycles. The van der Waals surface area contributed by atoms with Crippen LogP contribution in [0.2, 0.25) is 0 Å². The van der Waals surface area contributed by atoms with E-state index >= 15 is 0 Å². The number of halogens is 1. The highest BCUT2D eigenvalue weighted by Gasteiger charge is 2.25. The van der Waals surface area contributed by atoms with Gasteiger partial charge in [-0.3, -0.25) is 4.79 Å². The highest BCUT2D eigenvalue weighted by molar-refractivity contribution is 9.10. The Labute approximate surface area is 146 Å². The van der Waals surface area contributed by atoms with Gasteiger partial charge in [-0.15, -0.1) is 0 Å². The largest absolute Gasteiger partial charge is 0.438 e. The number of esters is 1. The topological polar surface area (TPSA) is 35.5 Å². The third-order valence-corrected chi connectivity index (χ3v) is 5.00. The molecule has 0 radical (unpaired) electrons. The van der Waals surface area contributed by atoms with Gasteiger partial charge in [0.25, 0.3) is 0 Å². The smallest absolute Gasteiger partial charge is 0.310 e. The van der Waals surface area contributed by atoms with E-state index in [1.54, 1.807) is 0 Å². The molecule has 2 rings (SSSR count). The minimum Gasteiger partial charge on any atom is -0.438 e. The van der Waals surface area contributed by atoms with Gasteiger partial charge in [0, 0.05) is 4.47 Å². The van der Waals surface area contributed by atoms with E-state index in [-0.39, 0.29) is 18.7 Å². The van der Waals surface area contributed by atoms with Crippen LogP contribution in [0.1, 0.15) is 39.7 Å². The van der Waals surface area contributed by atoms with Gasteiger partial charge in [0.05, 0.1) is 11.5 Å². The molecule has 3 nitrogen and oxygen atoms in total. The van der Waals surface area contributed by atoms with Gasteiger partial charge in [-0.1, -0.05) is 50.2 Å². The van der Waals surface area contributed by atoms with Crippen LogP contribution in [0.25, 0.3) is 10.8 Å². The third kappa shape index (κ3) is 4.12. The molecule has 2 aromatic carbocycles. The molecular weight excluding hydrogens is 356 g/mol. The molecule has 23 heavy (non-hydrogen) atoms. The maximum absolute atomic E-state index is 11.7. The van der Waals surface area contributed by atoms with E-state index in [2.05, 4.69) is 34.1 Å². The molecule has 0 amide bonds. The first-order valence-corrected chi connectivity index (χ1v) is 8.64. The van der Waals surface area contributed by atoms with Gasteiger partial charge in [-0.2, -0.15) is 0 Å². The van der Waals surface area contributed by atoms with Gasteiger partial charge in [-0.25, -0.2) is 0 Å². The fourth-order valence-electron chi connectivity index (χ4n) is 2.32. The van der Waals surface area contributed by atoms with Gasteiger partial charge in [0.15, 0.2) is 6.79 Å². The van der Waals surface area contributed by atoms with E-state index < -0.39 is 5.60 Å². The van der Waals surface area contributed by atoms with Crippen molar-refractivity contribution in [2.24, 2.45) is 5.92 Å². The third-order valence-electron chi connectivity index (χ3n) is 4.15. The molecule has 1 unspecified atom stereocenters. The first-order chi connectivity index (χ1) is 10.9. The lowest BCUT2D eigenvalue weighted by atomic mass is 9.95. The van der Waals surface area contributed by atoms with Crippen LogP contribution >= 0.6 is 15.9 Å². The Morgan fingerprint density at radius 3 is 2.61 bits per heavy atom. The molecule has 0 spiro atoms. The van der Waals surface area contributed by atoms with Gasteiger partial charge in [-0.05, 0) is 52.5 Å². The predicted octanol–water partition coefficient (Wildman–Crippen LogP) is 5.40. The number of ether oxygens (including phenoxy) is 2. The molecule has 0 aliphatic rings. The molecule has 0 heterocycles. The zero-order valence-corrected chi connectivity index (χ0v) is 15.6. The van der Waals surface area contributed by atoms with Gasteiger partial charge in [0.2, 0.25) is 0 Å². The number of carbonyl (C=O) groups is 1. The highest BCUT2D eigenvalue weighted by atomic mass is 79.9. The number of rotatable bonds is 6. The van der Waals surface area contributed by atoms with Crippen molar-refractivity contribution in [3.8, 4) is 0 Å². The van der Waals surface area contributed by atoms with Crippen LogP contribution in [0.3, 0.4) is 0 Å². The minimum absolute atomic E-state index is 0.0462. The molecule has 124 valence electrons. The Morgan fingerprint density at radius 2 is 1.91 bits per heavy atom. The van der Waals surface area contributed by atoms with E-state index in [0.717, 1.165) is 21.8 Å². The Kier molecular flexibility index (Phi) is 5.82. The average Bonchev–Trinajstić information content (AvgIpc) is 2.54. The second-order valence-electron chi connectivity index (χ2n) is 6.19. The summed E-state index contributed by atoms with van der Waals surface area (Å²) < 4.78 is 12.0. The first kappa shape index (κ1) is 18.0. The lowest BCUT2D eigenvalue weighted by Crippen LogP contribution is -2.26. The molecule has 2 aromatic rings. The molecule has 0 N–H and O–H groups in total. The Hall–Kier alpha value is -1.39. The normalized spacial score (nSPS) is 13.1. The second kappa shape index (κ2) is 7.45. The summed E-state index contributed by atoms with van der Waals surface area (Å²) in [7, 11) is 0. The van der Waals surface area contributed by atoms with Crippen molar-refractivity contribution in [2.75, 3.05) is 6.79 Å². The Bertz CT molecular complexity index is 694. The summed E-state index contributed by atoms with van der Waals surface area (Å²) in [6, 6.07) is 12.3. The SMILES string of the molecule is CCC(C)C(=O)OCOC(C)(C)c1ccc2ccccc2c1Br. The van der Waals surface area contributed by atoms with Crippen LogP contribution in [0.15, 0.2) is 40.9 Å². The number of hydrogen-bond donors (Lipinski definition) is 0. The van der Waals surface area contributed by atoms with E-state index in [1.807, 2.05) is 45.9 Å². The zero-order chi connectivity index (χ0) is 17.0. The summed E-state index contributed by atoms with van der Waals surface area (Å²) in [5, 5.41) is 2.31. The summed E-state index contributed by atoms with van der Waals surface area (Å²) in [4.78, 5) is 11.7. The molecule has 0 aliphatic carbocycles. The molecular formula is C19H23BrO3. The average molecular weight is 379 g/mol. The fraction of sp³-hybridized carbons (Fsp3) is 0.421. The van der Waals surface area contributed by atoms with Gasteiger partial charge >= 0.3 is 5.97 Å². The van der Waals surface area contributed by atoms with Crippen molar-refractivity contribution < 1.29 is 14.3 Å². The quantitative estimate of drug-likeness (QED) is 0.498. The Morgan fingerprint density at radius 1 is 1.22 bits per heavy atom. The molecule has 0 bridgehead atoms. The fourth-order valence-corrected chi connectivity index (χ4v) is 3.29. The molecule has 0 aromatic heterocycles. The first-order valence-electron chi connectivity index (χ1n) is 7.85. The van der Waals surface area contributed by atoms with Crippen LogP contribution in [-0.2, 0) is 19.9 Å². The van der Waals surface area contributed by atoms with E-state index in [4.69, 9.17) is 9.47 Å². The molecule has 0 saturated carbocycles. The van der Waals surface area contributed by atoms with Crippen molar-refractivity contribution in [3.05, 3.63) is 46.4 Å². The van der Waals surface area contributed by atoms with Crippen LogP contribution < -0.4 is 0 Å².